The van der Waals surface area contributed by atoms with Crippen LogP contribution >= 0.6 is 0 Å². The number of rotatable bonds is 8. The Kier molecular flexibility index (Phi) is 6.45. The number of nitrogens with zero attached hydrogens (tertiary/aromatic N) is 2. The van der Waals surface area contributed by atoms with Crippen LogP contribution in [0.5, 0.6) is 0 Å². The molecule has 0 radical (unpaired) electrons. The number of unbranched alkanes of at least 4 members (excludes halogenated alkanes) is 2. The third kappa shape index (κ3) is 4.47. The molecule has 0 saturated heterocycles. The highest BCUT2D eigenvalue weighted by Crippen LogP contribution is 2.19. The van der Waals surface area contributed by atoms with Crippen molar-refractivity contribution in [2.45, 2.75) is 24.2 Å². The zero-order valence-corrected chi connectivity index (χ0v) is 13.4. The van der Waals surface area contributed by atoms with Crippen LogP contribution in [-0.4, -0.2) is 47.0 Å². The lowest BCUT2D eigenvalue weighted by Gasteiger charge is -2.20. The van der Waals surface area contributed by atoms with E-state index in [2.05, 4.69) is 4.90 Å². The molecule has 5 nitrogen and oxygen atoms in total. The van der Waals surface area contributed by atoms with E-state index in [1.165, 1.54) is 18.4 Å². The maximum Gasteiger partial charge on any atom is 0.242 e. The lowest BCUT2D eigenvalue weighted by atomic mass is 10.2. The molecule has 1 aromatic carbocycles. The Bertz CT molecular complexity index is 498. The van der Waals surface area contributed by atoms with Crippen LogP contribution in [0.1, 0.15) is 19.3 Å². The van der Waals surface area contributed by atoms with Crippen molar-refractivity contribution in [3.63, 3.8) is 0 Å². The van der Waals surface area contributed by atoms with Gasteiger partial charge in [-0.15, -0.1) is 0 Å². The van der Waals surface area contributed by atoms with Gasteiger partial charge in [0.15, 0.2) is 0 Å². The van der Waals surface area contributed by atoms with Gasteiger partial charge in [0.05, 0.1) is 4.90 Å². The number of hydrogen-bond acceptors (Lipinski definition) is 4. The average Bonchev–Trinajstić information content (AvgIpc) is 2.43. The Balaban J connectivity index is 2.67. The summed E-state index contributed by atoms with van der Waals surface area (Å²) in [5, 5.41) is 0. The summed E-state index contributed by atoms with van der Waals surface area (Å²) in [6.07, 6.45) is 3.26. The Morgan fingerprint density at radius 1 is 1.00 bits per heavy atom. The van der Waals surface area contributed by atoms with E-state index in [1.54, 1.807) is 12.1 Å². The topological polar surface area (TPSA) is 66.6 Å². The second-order valence-corrected chi connectivity index (χ2v) is 7.20. The third-order valence-corrected chi connectivity index (χ3v) is 5.08. The fourth-order valence-electron chi connectivity index (χ4n) is 1.88. The number of nitrogens with two attached hydrogens (primary N) is 1. The van der Waals surface area contributed by atoms with E-state index in [0.29, 0.717) is 4.90 Å². The van der Waals surface area contributed by atoms with Gasteiger partial charge in [-0.05, 0) is 43.7 Å². The largest absolute Gasteiger partial charge is 0.375 e. The summed E-state index contributed by atoms with van der Waals surface area (Å²) in [5.41, 5.74) is 6.49. The van der Waals surface area contributed by atoms with Crippen LogP contribution in [0.2, 0.25) is 0 Å². The molecule has 0 aliphatic rings. The molecule has 1 rings (SSSR count). The fourth-order valence-corrected chi connectivity index (χ4v) is 2.78. The summed E-state index contributed by atoms with van der Waals surface area (Å²) >= 11 is 0. The van der Waals surface area contributed by atoms with E-state index in [-0.39, 0.29) is 0 Å². The highest BCUT2D eigenvalue weighted by atomic mass is 32.2. The highest BCUT2D eigenvalue weighted by Gasteiger charge is 2.16. The van der Waals surface area contributed by atoms with Crippen LogP contribution in [0.25, 0.3) is 0 Å². The van der Waals surface area contributed by atoms with Crippen molar-refractivity contribution >= 4 is 15.7 Å². The summed E-state index contributed by atoms with van der Waals surface area (Å²) in [6, 6.07) is 7.00. The Hall–Kier alpha value is -1.11. The first-order valence-electron chi connectivity index (χ1n) is 6.83. The predicted molar refractivity (Wildman–Crippen MR) is 83.5 cm³/mol. The lowest BCUT2D eigenvalue weighted by molar-refractivity contribution is 0.521. The molecular formula is C14H25N3O2S. The Morgan fingerprint density at radius 3 is 2.10 bits per heavy atom. The first-order chi connectivity index (χ1) is 9.39. The van der Waals surface area contributed by atoms with Crippen molar-refractivity contribution in [3.8, 4) is 0 Å². The number of hydrogen-bond donors (Lipinski definition) is 1. The zero-order valence-electron chi connectivity index (χ0n) is 12.5. The molecule has 2 N–H and O–H groups in total. The molecule has 6 heteroatoms. The van der Waals surface area contributed by atoms with Gasteiger partial charge in [0, 0.05) is 33.4 Å². The third-order valence-electron chi connectivity index (χ3n) is 3.25. The van der Waals surface area contributed by atoms with Gasteiger partial charge in [0.25, 0.3) is 0 Å². The number of anilines is 1. The van der Waals surface area contributed by atoms with E-state index >= 15 is 0 Å². The second kappa shape index (κ2) is 7.61. The van der Waals surface area contributed by atoms with E-state index in [4.69, 9.17) is 5.73 Å². The van der Waals surface area contributed by atoms with Crippen molar-refractivity contribution in [1.29, 1.82) is 0 Å². The first kappa shape index (κ1) is 16.9. The van der Waals surface area contributed by atoms with Crippen molar-refractivity contribution in [2.24, 2.45) is 5.73 Å². The minimum atomic E-state index is -3.34. The molecule has 0 bridgehead atoms. The van der Waals surface area contributed by atoms with Crippen molar-refractivity contribution in [3.05, 3.63) is 24.3 Å². The highest BCUT2D eigenvalue weighted by molar-refractivity contribution is 7.89. The Labute approximate surface area is 122 Å². The Morgan fingerprint density at radius 2 is 1.60 bits per heavy atom. The normalized spacial score (nSPS) is 11.8. The minimum Gasteiger partial charge on any atom is -0.375 e. The molecular weight excluding hydrogens is 274 g/mol. The van der Waals surface area contributed by atoms with Gasteiger partial charge in [-0.1, -0.05) is 6.42 Å². The maximum atomic E-state index is 12.0. The molecule has 0 aliphatic heterocycles. The van der Waals surface area contributed by atoms with Crippen LogP contribution in [0, 0.1) is 0 Å². The van der Waals surface area contributed by atoms with Gasteiger partial charge in [0.1, 0.15) is 0 Å². The minimum absolute atomic E-state index is 0.322. The lowest BCUT2D eigenvalue weighted by Crippen LogP contribution is -2.22. The fraction of sp³-hybridized carbons (Fsp3) is 0.571. The first-order valence-corrected chi connectivity index (χ1v) is 8.27. The average molecular weight is 299 g/mol. The van der Waals surface area contributed by atoms with Gasteiger partial charge >= 0.3 is 0 Å². The quantitative estimate of drug-likeness (QED) is 0.739. The van der Waals surface area contributed by atoms with E-state index < -0.39 is 10.0 Å². The molecule has 0 saturated carbocycles. The van der Waals surface area contributed by atoms with Gasteiger partial charge < -0.3 is 10.6 Å². The van der Waals surface area contributed by atoms with Gasteiger partial charge in [-0.25, -0.2) is 12.7 Å². The van der Waals surface area contributed by atoms with Crippen LogP contribution in [0.3, 0.4) is 0 Å². The summed E-state index contributed by atoms with van der Waals surface area (Å²) < 4.78 is 25.1. The summed E-state index contributed by atoms with van der Waals surface area (Å²) in [7, 11) is 1.74. The van der Waals surface area contributed by atoms with Crippen LogP contribution in [-0.2, 0) is 10.0 Å². The standard InChI is InChI=1S/C14H25N3O2S/c1-16(2)20(18,19)14-9-7-13(8-10-14)17(3)12-6-4-5-11-15/h7-10H,4-6,11-12,15H2,1-3H3. The summed E-state index contributed by atoms with van der Waals surface area (Å²) in [5.74, 6) is 0. The maximum absolute atomic E-state index is 12.0. The van der Waals surface area contributed by atoms with Gasteiger partial charge in [-0.2, -0.15) is 0 Å². The molecule has 0 spiro atoms. The van der Waals surface area contributed by atoms with Crippen LogP contribution in [0.15, 0.2) is 29.2 Å². The second-order valence-electron chi connectivity index (χ2n) is 5.05. The smallest absolute Gasteiger partial charge is 0.242 e. The van der Waals surface area contributed by atoms with Gasteiger partial charge in [0.2, 0.25) is 10.0 Å². The monoisotopic (exact) mass is 299 g/mol. The number of benzene rings is 1. The molecule has 0 amide bonds. The molecule has 0 unspecified atom stereocenters. The number of sulfonamides is 1. The molecule has 0 aliphatic carbocycles. The molecule has 0 aromatic heterocycles. The van der Waals surface area contributed by atoms with Crippen LogP contribution < -0.4 is 10.6 Å². The van der Waals surface area contributed by atoms with E-state index in [1.807, 2.05) is 19.2 Å². The zero-order chi connectivity index (χ0) is 15.2. The molecule has 0 heterocycles. The molecule has 114 valence electrons. The van der Waals surface area contributed by atoms with E-state index in [9.17, 15) is 8.42 Å². The van der Waals surface area contributed by atoms with Crippen LogP contribution in [0.4, 0.5) is 5.69 Å². The summed E-state index contributed by atoms with van der Waals surface area (Å²) in [4.78, 5) is 2.45. The molecule has 1 aromatic rings. The molecule has 20 heavy (non-hydrogen) atoms. The van der Waals surface area contributed by atoms with Crippen molar-refractivity contribution < 1.29 is 8.42 Å². The summed E-state index contributed by atoms with van der Waals surface area (Å²) in [6.45, 7) is 1.68. The van der Waals surface area contributed by atoms with Crippen molar-refractivity contribution in [1.82, 2.24) is 4.31 Å². The van der Waals surface area contributed by atoms with E-state index in [0.717, 1.165) is 38.0 Å². The SMILES string of the molecule is CN(CCCCCN)c1ccc(S(=O)(=O)N(C)C)cc1. The predicted octanol–water partition coefficient (Wildman–Crippen LogP) is 1.50. The van der Waals surface area contributed by atoms with Gasteiger partial charge in [-0.3, -0.25) is 0 Å². The molecule has 0 fully saturated rings. The molecule has 0 atom stereocenters. The van der Waals surface area contributed by atoms with Crippen molar-refractivity contribution in [2.75, 3.05) is 39.1 Å².